The summed E-state index contributed by atoms with van der Waals surface area (Å²) >= 11 is 1.54. The van der Waals surface area contributed by atoms with Crippen molar-refractivity contribution >= 4 is 17.7 Å². The van der Waals surface area contributed by atoms with E-state index in [1.165, 1.54) is 13.3 Å². The minimum atomic E-state index is -0.500. The van der Waals surface area contributed by atoms with Gasteiger partial charge in [0, 0.05) is 11.1 Å². The Morgan fingerprint density at radius 2 is 2.00 bits per heavy atom. The molecule has 0 spiro atoms. The van der Waals surface area contributed by atoms with Crippen molar-refractivity contribution in [1.82, 2.24) is 4.98 Å². The lowest BCUT2D eigenvalue weighted by Crippen LogP contribution is -2.07. The summed E-state index contributed by atoms with van der Waals surface area (Å²) in [6.45, 7) is 0. The number of aromatic nitrogens is 1. The molecule has 1 aromatic carbocycles. The Morgan fingerprint density at radius 1 is 1.21 bits per heavy atom. The summed E-state index contributed by atoms with van der Waals surface area (Å²) in [5.41, 5.74) is 0.193. The molecule has 0 N–H and O–H groups in total. The van der Waals surface area contributed by atoms with Crippen LogP contribution in [0.2, 0.25) is 0 Å². The molecule has 0 aliphatic rings. The first-order valence-corrected chi connectivity index (χ1v) is 6.64. The summed E-state index contributed by atoms with van der Waals surface area (Å²) in [6, 6.07) is 13.3. The van der Waals surface area contributed by atoms with Gasteiger partial charge in [0.25, 0.3) is 0 Å². The number of esters is 1. The van der Waals surface area contributed by atoms with Gasteiger partial charge in [-0.2, -0.15) is 0 Å². The second-order valence-electron chi connectivity index (χ2n) is 3.56. The third-order valence-electron chi connectivity index (χ3n) is 2.33. The summed E-state index contributed by atoms with van der Waals surface area (Å²) in [5.74, 6) is 0.331. The molecule has 0 bridgehead atoms. The molecule has 0 atom stereocenters. The smallest absolute Gasteiger partial charge is 0.360 e. The first-order chi connectivity index (χ1) is 9.31. The van der Waals surface area contributed by atoms with Crippen LogP contribution in [0.3, 0.4) is 0 Å². The van der Waals surface area contributed by atoms with Gasteiger partial charge in [0.2, 0.25) is 0 Å². The Bertz CT molecular complexity index is 545. The standard InChI is InChI=1S/C14H13NO3S/c1-17-14(16)13-12(8-5-9-15-13)18-10-19-11-6-3-2-4-7-11/h2-9H,10H2,1H3. The number of hydrogen-bond acceptors (Lipinski definition) is 5. The van der Waals surface area contributed by atoms with E-state index in [1.807, 2.05) is 30.3 Å². The van der Waals surface area contributed by atoms with E-state index in [-0.39, 0.29) is 5.69 Å². The van der Waals surface area contributed by atoms with Gasteiger partial charge in [-0.25, -0.2) is 9.78 Å². The molecular formula is C14H13NO3S. The second kappa shape index (κ2) is 6.80. The molecule has 1 aromatic heterocycles. The van der Waals surface area contributed by atoms with Gasteiger partial charge in [0.1, 0.15) is 5.94 Å². The molecule has 19 heavy (non-hydrogen) atoms. The number of thioether (sulfide) groups is 1. The van der Waals surface area contributed by atoms with Gasteiger partial charge in [-0.05, 0) is 24.3 Å². The highest BCUT2D eigenvalue weighted by molar-refractivity contribution is 7.99. The number of ether oxygens (including phenoxy) is 2. The van der Waals surface area contributed by atoms with Crippen molar-refractivity contribution in [2.24, 2.45) is 0 Å². The normalized spacial score (nSPS) is 9.95. The van der Waals surface area contributed by atoms with Crippen LogP contribution in [0.5, 0.6) is 5.75 Å². The number of pyridine rings is 1. The average molecular weight is 275 g/mol. The predicted molar refractivity (Wildman–Crippen MR) is 73.4 cm³/mol. The topological polar surface area (TPSA) is 48.4 Å². The molecule has 0 saturated carbocycles. The zero-order valence-electron chi connectivity index (χ0n) is 10.4. The molecular weight excluding hydrogens is 262 g/mol. The van der Waals surface area contributed by atoms with Gasteiger partial charge < -0.3 is 9.47 Å². The third-order valence-corrected chi connectivity index (χ3v) is 3.17. The summed E-state index contributed by atoms with van der Waals surface area (Å²) < 4.78 is 10.2. The highest BCUT2D eigenvalue weighted by Gasteiger charge is 2.13. The highest BCUT2D eigenvalue weighted by Crippen LogP contribution is 2.21. The molecule has 0 unspecified atom stereocenters. The van der Waals surface area contributed by atoms with Crippen molar-refractivity contribution in [3.05, 3.63) is 54.4 Å². The Hall–Kier alpha value is -2.01. The van der Waals surface area contributed by atoms with E-state index >= 15 is 0 Å². The summed E-state index contributed by atoms with van der Waals surface area (Å²) in [7, 11) is 1.32. The van der Waals surface area contributed by atoms with Gasteiger partial charge in [0.05, 0.1) is 7.11 Å². The minimum absolute atomic E-state index is 0.193. The van der Waals surface area contributed by atoms with Crippen LogP contribution in [0.4, 0.5) is 0 Å². The van der Waals surface area contributed by atoms with E-state index in [9.17, 15) is 4.79 Å². The Balaban J connectivity index is 1.98. The molecule has 0 aliphatic heterocycles. The van der Waals surface area contributed by atoms with Crippen LogP contribution in [0.15, 0.2) is 53.6 Å². The van der Waals surface area contributed by atoms with Crippen LogP contribution in [0.25, 0.3) is 0 Å². The van der Waals surface area contributed by atoms with E-state index in [0.29, 0.717) is 11.7 Å². The molecule has 5 heteroatoms. The molecule has 1 heterocycles. The van der Waals surface area contributed by atoms with Crippen LogP contribution < -0.4 is 4.74 Å². The van der Waals surface area contributed by atoms with Crippen molar-refractivity contribution in [1.29, 1.82) is 0 Å². The Kier molecular flexibility index (Phi) is 4.80. The van der Waals surface area contributed by atoms with Crippen molar-refractivity contribution in [3.8, 4) is 5.75 Å². The average Bonchev–Trinajstić information content (AvgIpc) is 2.48. The fourth-order valence-corrected chi connectivity index (χ4v) is 2.11. The third kappa shape index (κ3) is 3.72. The van der Waals surface area contributed by atoms with Crippen molar-refractivity contribution in [3.63, 3.8) is 0 Å². The van der Waals surface area contributed by atoms with E-state index in [4.69, 9.17) is 4.74 Å². The van der Waals surface area contributed by atoms with Crippen LogP contribution in [0.1, 0.15) is 10.5 Å². The quantitative estimate of drug-likeness (QED) is 0.477. The summed E-state index contributed by atoms with van der Waals surface area (Å²) in [6.07, 6.45) is 1.53. The van der Waals surface area contributed by atoms with E-state index in [1.54, 1.807) is 23.9 Å². The van der Waals surface area contributed by atoms with Gasteiger partial charge in [-0.15, -0.1) is 0 Å². The van der Waals surface area contributed by atoms with Gasteiger partial charge in [-0.3, -0.25) is 0 Å². The SMILES string of the molecule is COC(=O)c1ncccc1OCSc1ccccc1. The largest absolute Gasteiger partial charge is 0.480 e. The lowest BCUT2D eigenvalue weighted by atomic mass is 10.3. The maximum Gasteiger partial charge on any atom is 0.360 e. The molecule has 2 aromatic rings. The van der Waals surface area contributed by atoms with E-state index in [2.05, 4.69) is 9.72 Å². The Labute approximate surface area is 115 Å². The van der Waals surface area contributed by atoms with Gasteiger partial charge >= 0.3 is 5.97 Å². The first kappa shape index (κ1) is 13.4. The molecule has 0 saturated heterocycles. The number of carbonyl (C=O) groups is 1. The zero-order valence-corrected chi connectivity index (χ0v) is 11.2. The van der Waals surface area contributed by atoms with Crippen molar-refractivity contribution < 1.29 is 14.3 Å². The fourth-order valence-electron chi connectivity index (χ4n) is 1.43. The van der Waals surface area contributed by atoms with Crippen LogP contribution in [0, 0.1) is 0 Å². The first-order valence-electron chi connectivity index (χ1n) is 5.65. The number of carbonyl (C=O) groups excluding carboxylic acids is 1. The Morgan fingerprint density at radius 3 is 2.74 bits per heavy atom. The maximum atomic E-state index is 11.5. The lowest BCUT2D eigenvalue weighted by Gasteiger charge is -2.08. The lowest BCUT2D eigenvalue weighted by molar-refractivity contribution is 0.0590. The molecule has 0 fully saturated rings. The van der Waals surface area contributed by atoms with Crippen LogP contribution >= 0.6 is 11.8 Å². The molecule has 0 radical (unpaired) electrons. The number of methoxy groups -OCH3 is 1. The van der Waals surface area contributed by atoms with Crippen molar-refractivity contribution in [2.75, 3.05) is 13.0 Å². The highest BCUT2D eigenvalue weighted by atomic mass is 32.2. The number of rotatable bonds is 5. The van der Waals surface area contributed by atoms with E-state index < -0.39 is 5.97 Å². The molecule has 0 aliphatic carbocycles. The van der Waals surface area contributed by atoms with Crippen LogP contribution in [-0.2, 0) is 4.74 Å². The van der Waals surface area contributed by atoms with Gasteiger partial charge in [0.15, 0.2) is 11.4 Å². The molecule has 98 valence electrons. The molecule has 4 nitrogen and oxygen atoms in total. The number of nitrogens with zero attached hydrogens (tertiary/aromatic N) is 1. The predicted octanol–water partition coefficient (Wildman–Crippen LogP) is 3.00. The minimum Gasteiger partial charge on any atom is -0.480 e. The molecule has 2 rings (SSSR count). The summed E-state index contributed by atoms with van der Waals surface area (Å²) in [4.78, 5) is 16.6. The maximum absolute atomic E-state index is 11.5. The fraction of sp³-hybridized carbons (Fsp3) is 0.143. The van der Waals surface area contributed by atoms with Gasteiger partial charge in [-0.1, -0.05) is 30.0 Å². The number of hydrogen-bond donors (Lipinski definition) is 0. The second-order valence-corrected chi connectivity index (χ2v) is 4.56. The van der Waals surface area contributed by atoms with Crippen molar-refractivity contribution in [2.45, 2.75) is 4.90 Å². The number of benzene rings is 1. The summed E-state index contributed by atoms with van der Waals surface area (Å²) in [5, 5.41) is 0. The molecule has 0 amide bonds. The zero-order chi connectivity index (χ0) is 13.5. The van der Waals surface area contributed by atoms with E-state index in [0.717, 1.165) is 4.90 Å². The van der Waals surface area contributed by atoms with Crippen LogP contribution in [-0.4, -0.2) is 24.0 Å². The monoisotopic (exact) mass is 275 g/mol.